The molecular formula is C15H21NO2. The van der Waals surface area contributed by atoms with Gasteiger partial charge in [0.2, 0.25) is 0 Å². The van der Waals surface area contributed by atoms with Crippen LogP contribution in [0.15, 0.2) is 24.3 Å². The Labute approximate surface area is 108 Å². The van der Waals surface area contributed by atoms with Crippen molar-refractivity contribution in [2.75, 3.05) is 7.05 Å². The number of phenolic OH excluding ortho intramolecular Hbond substituents is 1. The van der Waals surface area contributed by atoms with E-state index in [1.54, 1.807) is 18.2 Å². The molecule has 1 amide bonds. The van der Waals surface area contributed by atoms with Crippen LogP contribution in [0.4, 0.5) is 0 Å². The lowest BCUT2D eigenvalue weighted by Gasteiger charge is -2.36. The fourth-order valence-corrected chi connectivity index (χ4v) is 2.87. The third kappa shape index (κ3) is 2.66. The second-order valence-corrected chi connectivity index (χ2v) is 5.30. The standard InChI is InChI=1S/C15H21NO2/c1-11-6-3-4-9-14(11)16(2)15(18)12-7-5-8-13(17)10-12/h5,7-8,10-11,14,17H,3-4,6,9H2,1-2H3. The molecule has 0 bridgehead atoms. The Balaban J connectivity index is 2.13. The molecule has 0 heterocycles. The van der Waals surface area contributed by atoms with Crippen LogP contribution in [0.2, 0.25) is 0 Å². The summed E-state index contributed by atoms with van der Waals surface area (Å²) in [6.07, 6.45) is 4.75. The molecule has 0 aliphatic heterocycles. The molecule has 1 fully saturated rings. The van der Waals surface area contributed by atoms with Crippen LogP contribution in [0.25, 0.3) is 0 Å². The number of hydrogen-bond acceptors (Lipinski definition) is 2. The number of rotatable bonds is 2. The van der Waals surface area contributed by atoms with Gasteiger partial charge in [-0.25, -0.2) is 0 Å². The molecule has 18 heavy (non-hydrogen) atoms. The average Bonchev–Trinajstić information content (AvgIpc) is 2.37. The Bertz CT molecular complexity index is 430. The molecule has 0 radical (unpaired) electrons. The lowest BCUT2D eigenvalue weighted by atomic mass is 9.85. The Hall–Kier alpha value is -1.51. The number of carbonyl (C=O) groups excluding carboxylic acids is 1. The summed E-state index contributed by atoms with van der Waals surface area (Å²) in [5.41, 5.74) is 0.565. The summed E-state index contributed by atoms with van der Waals surface area (Å²) in [6, 6.07) is 6.91. The lowest BCUT2D eigenvalue weighted by Crippen LogP contribution is -2.42. The van der Waals surface area contributed by atoms with Crippen molar-refractivity contribution in [1.82, 2.24) is 4.90 Å². The normalized spacial score (nSPS) is 23.7. The predicted molar refractivity (Wildman–Crippen MR) is 71.6 cm³/mol. The van der Waals surface area contributed by atoms with E-state index in [1.807, 2.05) is 11.9 Å². The van der Waals surface area contributed by atoms with Gasteiger partial charge in [-0.3, -0.25) is 4.79 Å². The van der Waals surface area contributed by atoms with E-state index in [0.717, 1.165) is 6.42 Å². The van der Waals surface area contributed by atoms with Gasteiger partial charge in [-0.2, -0.15) is 0 Å². The number of carbonyl (C=O) groups is 1. The van der Waals surface area contributed by atoms with Gasteiger partial charge in [0.25, 0.3) is 5.91 Å². The van der Waals surface area contributed by atoms with Crippen molar-refractivity contribution in [3.63, 3.8) is 0 Å². The summed E-state index contributed by atoms with van der Waals surface area (Å²) in [6.45, 7) is 2.22. The van der Waals surface area contributed by atoms with E-state index >= 15 is 0 Å². The first kappa shape index (κ1) is 12.9. The van der Waals surface area contributed by atoms with E-state index in [-0.39, 0.29) is 11.7 Å². The zero-order chi connectivity index (χ0) is 13.1. The van der Waals surface area contributed by atoms with Crippen molar-refractivity contribution in [3.05, 3.63) is 29.8 Å². The third-order valence-electron chi connectivity index (χ3n) is 3.98. The van der Waals surface area contributed by atoms with Gasteiger partial charge in [0.05, 0.1) is 0 Å². The fourth-order valence-electron chi connectivity index (χ4n) is 2.87. The zero-order valence-corrected chi connectivity index (χ0v) is 11.1. The number of phenols is 1. The van der Waals surface area contributed by atoms with Gasteiger partial charge < -0.3 is 10.0 Å². The minimum Gasteiger partial charge on any atom is -0.508 e. The molecule has 1 N–H and O–H groups in total. The highest BCUT2D eigenvalue weighted by Crippen LogP contribution is 2.28. The molecule has 2 rings (SSSR count). The topological polar surface area (TPSA) is 40.5 Å². The van der Waals surface area contributed by atoms with Crippen LogP contribution in [0.1, 0.15) is 43.0 Å². The van der Waals surface area contributed by atoms with Crippen molar-refractivity contribution in [2.24, 2.45) is 5.92 Å². The Morgan fingerprint density at radius 2 is 2.06 bits per heavy atom. The van der Waals surface area contributed by atoms with E-state index in [0.29, 0.717) is 17.5 Å². The number of hydrogen-bond donors (Lipinski definition) is 1. The molecule has 0 aromatic heterocycles. The summed E-state index contributed by atoms with van der Waals surface area (Å²) in [4.78, 5) is 14.2. The first-order valence-corrected chi connectivity index (χ1v) is 6.66. The fraction of sp³-hybridized carbons (Fsp3) is 0.533. The number of amides is 1. The monoisotopic (exact) mass is 247 g/mol. The Morgan fingerprint density at radius 3 is 2.72 bits per heavy atom. The van der Waals surface area contributed by atoms with Crippen molar-refractivity contribution in [2.45, 2.75) is 38.6 Å². The SMILES string of the molecule is CC1CCCCC1N(C)C(=O)c1cccc(O)c1. The molecule has 1 aliphatic carbocycles. The van der Waals surface area contributed by atoms with Gasteiger partial charge in [-0.05, 0) is 37.0 Å². The van der Waals surface area contributed by atoms with E-state index in [2.05, 4.69) is 6.92 Å². The molecule has 98 valence electrons. The second kappa shape index (κ2) is 5.42. The van der Waals surface area contributed by atoms with Crippen LogP contribution < -0.4 is 0 Å². The third-order valence-corrected chi connectivity index (χ3v) is 3.98. The molecule has 1 aliphatic rings. The molecule has 2 atom stereocenters. The first-order chi connectivity index (χ1) is 8.59. The first-order valence-electron chi connectivity index (χ1n) is 6.66. The Morgan fingerprint density at radius 1 is 1.33 bits per heavy atom. The number of aromatic hydroxyl groups is 1. The highest BCUT2D eigenvalue weighted by molar-refractivity contribution is 5.94. The van der Waals surface area contributed by atoms with Crippen molar-refractivity contribution in [1.29, 1.82) is 0 Å². The van der Waals surface area contributed by atoms with Crippen LogP contribution >= 0.6 is 0 Å². The molecule has 1 aromatic rings. The number of benzene rings is 1. The highest BCUT2D eigenvalue weighted by atomic mass is 16.3. The molecule has 0 spiro atoms. The maximum atomic E-state index is 12.4. The van der Waals surface area contributed by atoms with Crippen LogP contribution in [-0.2, 0) is 0 Å². The smallest absolute Gasteiger partial charge is 0.253 e. The van der Waals surface area contributed by atoms with Crippen molar-refractivity contribution < 1.29 is 9.90 Å². The van der Waals surface area contributed by atoms with Gasteiger partial charge in [0.1, 0.15) is 5.75 Å². The van der Waals surface area contributed by atoms with Gasteiger partial charge in [-0.15, -0.1) is 0 Å². The minimum atomic E-state index is 0.00431. The summed E-state index contributed by atoms with van der Waals surface area (Å²) in [7, 11) is 1.87. The molecule has 0 saturated heterocycles. The van der Waals surface area contributed by atoms with E-state index < -0.39 is 0 Å². The van der Waals surface area contributed by atoms with Gasteiger partial charge in [0, 0.05) is 18.7 Å². The average molecular weight is 247 g/mol. The summed E-state index contributed by atoms with van der Waals surface area (Å²) < 4.78 is 0. The Kier molecular flexibility index (Phi) is 3.90. The van der Waals surface area contributed by atoms with E-state index in [9.17, 15) is 9.90 Å². The summed E-state index contributed by atoms with van der Waals surface area (Å²) in [5.74, 6) is 0.709. The largest absolute Gasteiger partial charge is 0.508 e. The van der Waals surface area contributed by atoms with Crippen LogP contribution in [-0.4, -0.2) is 29.0 Å². The molecular weight excluding hydrogens is 226 g/mol. The quantitative estimate of drug-likeness (QED) is 0.872. The number of nitrogens with zero attached hydrogens (tertiary/aromatic N) is 1. The van der Waals surface area contributed by atoms with Crippen LogP contribution in [0.5, 0.6) is 5.75 Å². The van der Waals surface area contributed by atoms with Gasteiger partial charge in [-0.1, -0.05) is 25.8 Å². The van der Waals surface area contributed by atoms with E-state index in [1.165, 1.54) is 25.3 Å². The summed E-state index contributed by atoms with van der Waals surface area (Å²) in [5, 5.41) is 9.44. The molecule has 3 heteroatoms. The molecule has 1 aromatic carbocycles. The molecule has 2 unspecified atom stereocenters. The highest BCUT2D eigenvalue weighted by Gasteiger charge is 2.28. The van der Waals surface area contributed by atoms with Crippen molar-refractivity contribution >= 4 is 5.91 Å². The summed E-state index contributed by atoms with van der Waals surface area (Å²) >= 11 is 0. The zero-order valence-electron chi connectivity index (χ0n) is 11.1. The molecule has 3 nitrogen and oxygen atoms in total. The maximum Gasteiger partial charge on any atom is 0.253 e. The minimum absolute atomic E-state index is 0.00431. The maximum absolute atomic E-state index is 12.4. The molecule has 1 saturated carbocycles. The van der Waals surface area contributed by atoms with Crippen LogP contribution in [0, 0.1) is 5.92 Å². The second-order valence-electron chi connectivity index (χ2n) is 5.30. The van der Waals surface area contributed by atoms with Gasteiger partial charge in [0.15, 0.2) is 0 Å². The van der Waals surface area contributed by atoms with Crippen molar-refractivity contribution in [3.8, 4) is 5.75 Å². The predicted octanol–water partition coefficient (Wildman–Crippen LogP) is 3.04. The lowest BCUT2D eigenvalue weighted by molar-refractivity contribution is 0.0628. The van der Waals surface area contributed by atoms with Gasteiger partial charge >= 0.3 is 0 Å². The van der Waals surface area contributed by atoms with E-state index in [4.69, 9.17) is 0 Å². The van der Waals surface area contributed by atoms with Crippen LogP contribution in [0.3, 0.4) is 0 Å².